The number of hydrogen-bond acceptors (Lipinski definition) is 3. The van der Waals surface area contributed by atoms with Gasteiger partial charge >= 0.3 is 0 Å². The molecule has 2 N–H and O–H groups in total. The van der Waals surface area contributed by atoms with Gasteiger partial charge in [0.2, 0.25) is 5.91 Å². The van der Waals surface area contributed by atoms with E-state index >= 15 is 0 Å². The van der Waals surface area contributed by atoms with E-state index in [1.54, 1.807) is 0 Å². The predicted octanol–water partition coefficient (Wildman–Crippen LogP) is 3.10. The fraction of sp³-hybridized carbons (Fsp3) is 0.650. The van der Waals surface area contributed by atoms with E-state index in [-0.39, 0.29) is 5.91 Å². The summed E-state index contributed by atoms with van der Waals surface area (Å²) in [6, 6.07) is 12.4. The Morgan fingerprint density at radius 1 is 1.21 bits per heavy atom. The molecule has 1 amide bonds. The van der Waals surface area contributed by atoms with Gasteiger partial charge in [0.15, 0.2) is 0 Å². The van der Waals surface area contributed by atoms with Crippen LogP contribution in [0.5, 0.6) is 0 Å². The minimum atomic E-state index is -0.0190. The highest BCUT2D eigenvalue weighted by atomic mass is 16.2. The number of hydrogen-bond donors (Lipinski definition) is 2. The Bertz CT molecular complexity index is 519. The molecule has 3 atom stereocenters. The monoisotopic (exact) mass is 329 g/mol. The van der Waals surface area contributed by atoms with Crippen molar-refractivity contribution in [2.24, 2.45) is 11.8 Å². The molecule has 1 aromatic rings. The number of nitrogens with one attached hydrogen (secondary N) is 2. The lowest BCUT2D eigenvalue weighted by Gasteiger charge is -2.40. The van der Waals surface area contributed by atoms with Gasteiger partial charge in [-0.05, 0) is 49.5 Å². The molecule has 2 aliphatic rings. The lowest BCUT2D eigenvalue weighted by Crippen LogP contribution is -2.43. The second kappa shape index (κ2) is 8.13. The second-order valence-electron chi connectivity index (χ2n) is 7.78. The van der Waals surface area contributed by atoms with E-state index in [0.717, 1.165) is 31.1 Å². The number of nitrogens with zero attached hydrogens (tertiary/aromatic N) is 1. The number of rotatable bonds is 7. The van der Waals surface area contributed by atoms with E-state index in [2.05, 4.69) is 53.0 Å². The molecule has 2 saturated heterocycles. The Morgan fingerprint density at radius 3 is 2.50 bits per heavy atom. The van der Waals surface area contributed by atoms with Crippen molar-refractivity contribution in [2.75, 3.05) is 6.54 Å². The minimum Gasteiger partial charge on any atom is -0.293 e. The summed E-state index contributed by atoms with van der Waals surface area (Å²) in [6.45, 7) is 5.80. The van der Waals surface area contributed by atoms with Crippen LogP contribution in [0.15, 0.2) is 30.3 Å². The van der Waals surface area contributed by atoms with Crippen molar-refractivity contribution in [1.82, 2.24) is 15.8 Å². The molecule has 24 heavy (non-hydrogen) atoms. The first-order chi connectivity index (χ1) is 11.6. The molecule has 2 heterocycles. The largest absolute Gasteiger partial charge is 0.293 e. The summed E-state index contributed by atoms with van der Waals surface area (Å²) in [6.07, 6.45) is 6.68. The number of hydrazine groups is 1. The molecule has 3 unspecified atom stereocenters. The summed E-state index contributed by atoms with van der Waals surface area (Å²) in [5, 5.41) is 0. The van der Waals surface area contributed by atoms with Crippen LogP contribution < -0.4 is 10.9 Å². The van der Waals surface area contributed by atoms with Gasteiger partial charge < -0.3 is 0 Å². The summed E-state index contributed by atoms with van der Waals surface area (Å²) in [5.74, 6) is 1.42. The van der Waals surface area contributed by atoms with Gasteiger partial charge in [-0.3, -0.25) is 15.1 Å². The van der Waals surface area contributed by atoms with Crippen LogP contribution in [-0.4, -0.2) is 29.4 Å². The number of amides is 1. The zero-order valence-electron chi connectivity index (χ0n) is 15.0. The second-order valence-corrected chi connectivity index (χ2v) is 7.78. The quantitative estimate of drug-likeness (QED) is 0.756. The van der Waals surface area contributed by atoms with Gasteiger partial charge in [0.1, 0.15) is 0 Å². The summed E-state index contributed by atoms with van der Waals surface area (Å²) in [4.78, 5) is 13.7. The Morgan fingerprint density at radius 2 is 1.88 bits per heavy atom. The molecular formula is C20H31N3O. The molecule has 0 radical (unpaired) electrons. The Hall–Kier alpha value is -1.39. The Balaban J connectivity index is 1.47. The molecule has 2 aliphatic heterocycles. The molecule has 4 nitrogen and oxygen atoms in total. The Kier molecular flexibility index (Phi) is 5.90. The van der Waals surface area contributed by atoms with Gasteiger partial charge in [-0.2, -0.15) is 0 Å². The molecule has 3 rings (SSSR count). The SMILES string of the molecule is CC(=O)NNCC(C)CC1CC2CCC(C1)N2Cc1ccccc1. The van der Waals surface area contributed by atoms with E-state index in [1.807, 2.05) is 0 Å². The van der Waals surface area contributed by atoms with Gasteiger partial charge in [0, 0.05) is 32.1 Å². The van der Waals surface area contributed by atoms with E-state index in [0.29, 0.717) is 5.92 Å². The van der Waals surface area contributed by atoms with Gasteiger partial charge in [0.05, 0.1) is 0 Å². The Labute approximate surface area is 146 Å². The molecule has 0 spiro atoms. The van der Waals surface area contributed by atoms with Gasteiger partial charge in [-0.25, -0.2) is 5.43 Å². The number of benzene rings is 1. The first-order valence-electron chi connectivity index (χ1n) is 9.41. The van der Waals surface area contributed by atoms with E-state index in [1.165, 1.54) is 44.6 Å². The summed E-state index contributed by atoms with van der Waals surface area (Å²) in [5.41, 5.74) is 7.17. The van der Waals surface area contributed by atoms with Crippen LogP contribution in [0.25, 0.3) is 0 Å². The highest BCUT2D eigenvalue weighted by molar-refractivity contribution is 5.72. The molecule has 2 fully saturated rings. The lowest BCUT2D eigenvalue weighted by molar-refractivity contribution is -0.119. The zero-order valence-corrected chi connectivity index (χ0v) is 15.0. The summed E-state index contributed by atoms with van der Waals surface area (Å²) >= 11 is 0. The third-order valence-corrected chi connectivity index (χ3v) is 5.64. The molecule has 0 aliphatic carbocycles. The third-order valence-electron chi connectivity index (χ3n) is 5.64. The zero-order chi connectivity index (χ0) is 16.9. The van der Waals surface area contributed by atoms with Crippen LogP contribution in [0.3, 0.4) is 0 Å². The van der Waals surface area contributed by atoms with Crippen molar-refractivity contribution in [3.8, 4) is 0 Å². The number of fused-ring (bicyclic) bond motifs is 2. The standard InChI is InChI=1S/C20H31N3O/c1-15(13-21-22-16(2)24)10-18-11-19-8-9-20(12-18)23(19)14-17-6-4-3-5-7-17/h3-7,15,18-21H,8-14H2,1-2H3,(H,22,24). The average molecular weight is 329 g/mol. The maximum atomic E-state index is 10.9. The minimum absolute atomic E-state index is 0.0190. The van der Waals surface area contributed by atoms with E-state index in [9.17, 15) is 4.79 Å². The topological polar surface area (TPSA) is 44.4 Å². The molecule has 1 aromatic carbocycles. The third kappa shape index (κ3) is 4.58. The highest BCUT2D eigenvalue weighted by Gasteiger charge is 2.40. The molecule has 4 heteroatoms. The van der Waals surface area contributed by atoms with Crippen molar-refractivity contribution in [3.05, 3.63) is 35.9 Å². The fourth-order valence-corrected chi connectivity index (χ4v) is 4.63. The molecule has 132 valence electrons. The number of carbonyl (C=O) groups excluding carboxylic acids is 1. The van der Waals surface area contributed by atoms with Crippen molar-refractivity contribution in [2.45, 2.75) is 64.6 Å². The van der Waals surface area contributed by atoms with Crippen LogP contribution in [0.1, 0.15) is 51.5 Å². The maximum absolute atomic E-state index is 10.9. The van der Waals surface area contributed by atoms with Crippen LogP contribution in [-0.2, 0) is 11.3 Å². The van der Waals surface area contributed by atoms with Gasteiger partial charge in [0.25, 0.3) is 0 Å². The molecule has 0 aromatic heterocycles. The molecule has 0 saturated carbocycles. The number of piperidine rings is 1. The van der Waals surface area contributed by atoms with Crippen LogP contribution in [0.2, 0.25) is 0 Å². The van der Waals surface area contributed by atoms with Gasteiger partial charge in [-0.1, -0.05) is 37.3 Å². The first kappa shape index (κ1) is 17.4. The molecule has 2 bridgehead atoms. The van der Waals surface area contributed by atoms with Crippen molar-refractivity contribution in [3.63, 3.8) is 0 Å². The van der Waals surface area contributed by atoms with Crippen molar-refractivity contribution in [1.29, 1.82) is 0 Å². The highest BCUT2D eigenvalue weighted by Crippen LogP contribution is 2.41. The summed E-state index contributed by atoms with van der Waals surface area (Å²) in [7, 11) is 0. The van der Waals surface area contributed by atoms with Crippen molar-refractivity contribution >= 4 is 5.91 Å². The number of carbonyl (C=O) groups is 1. The van der Waals surface area contributed by atoms with Crippen LogP contribution in [0, 0.1) is 11.8 Å². The fourth-order valence-electron chi connectivity index (χ4n) is 4.63. The predicted molar refractivity (Wildman–Crippen MR) is 97.1 cm³/mol. The van der Waals surface area contributed by atoms with Crippen LogP contribution >= 0.6 is 0 Å². The smallest absolute Gasteiger partial charge is 0.230 e. The average Bonchev–Trinajstić information content (AvgIpc) is 2.78. The van der Waals surface area contributed by atoms with Crippen molar-refractivity contribution < 1.29 is 4.79 Å². The lowest BCUT2D eigenvalue weighted by atomic mass is 9.84. The molecular weight excluding hydrogens is 298 g/mol. The van der Waals surface area contributed by atoms with E-state index < -0.39 is 0 Å². The summed E-state index contributed by atoms with van der Waals surface area (Å²) < 4.78 is 0. The van der Waals surface area contributed by atoms with E-state index in [4.69, 9.17) is 0 Å². The first-order valence-corrected chi connectivity index (χ1v) is 9.41. The van der Waals surface area contributed by atoms with Gasteiger partial charge in [-0.15, -0.1) is 0 Å². The maximum Gasteiger partial charge on any atom is 0.230 e. The normalized spacial score (nSPS) is 27.8. The van der Waals surface area contributed by atoms with Crippen LogP contribution in [0.4, 0.5) is 0 Å².